The van der Waals surface area contributed by atoms with E-state index in [9.17, 15) is 14.0 Å². The predicted molar refractivity (Wildman–Crippen MR) is 82.7 cm³/mol. The fourth-order valence-electron chi connectivity index (χ4n) is 2.98. The molecule has 0 bridgehead atoms. The number of likely N-dealkylation sites (tertiary alicyclic amines) is 1. The van der Waals surface area contributed by atoms with E-state index in [0.29, 0.717) is 18.2 Å². The molecule has 126 valence electrons. The van der Waals surface area contributed by atoms with Crippen LogP contribution in [0.3, 0.4) is 0 Å². The maximum atomic E-state index is 14.8. The molecule has 1 saturated heterocycles. The largest absolute Gasteiger partial charge is 0.353 e. The predicted octanol–water partition coefficient (Wildman–Crippen LogP) is 1.20. The van der Waals surface area contributed by atoms with Gasteiger partial charge in [-0.3, -0.25) is 14.3 Å². The molecule has 1 N–H and O–H groups in total. The maximum Gasteiger partial charge on any atom is 0.272 e. The van der Waals surface area contributed by atoms with Gasteiger partial charge in [0.05, 0.1) is 5.69 Å². The number of hydrogen-bond donors (Lipinski definition) is 1. The Morgan fingerprint density at radius 1 is 1.39 bits per heavy atom. The summed E-state index contributed by atoms with van der Waals surface area (Å²) in [5, 5.41) is 6.87. The minimum atomic E-state index is -1.85. The number of carbonyl (C=O) groups is 2. The number of carbonyl (C=O) groups excluding carboxylic acids is 2. The molecule has 2 heterocycles. The molecule has 0 aromatic carbocycles. The Kier molecular flexibility index (Phi) is 4.12. The van der Waals surface area contributed by atoms with Crippen molar-refractivity contribution >= 4 is 11.8 Å². The number of rotatable bonds is 4. The number of amides is 2. The number of aromatic nitrogens is 2. The van der Waals surface area contributed by atoms with Crippen LogP contribution in [0, 0.1) is 12.8 Å². The Labute approximate surface area is 135 Å². The number of nitrogens with zero attached hydrogens (tertiary/aromatic N) is 3. The quantitative estimate of drug-likeness (QED) is 0.906. The normalized spacial score (nSPS) is 20.4. The van der Waals surface area contributed by atoms with E-state index in [2.05, 4.69) is 10.4 Å². The van der Waals surface area contributed by atoms with Gasteiger partial charge in [-0.2, -0.15) is 5.10 Å². The lowest BCUT2D eigenvalue weighted by atomic mass is 9.92. The van der Waals surface area contributed by atoms with Gasteiger partial charge in [-0.05, 0) is 31.7 Å². The summed E-state index contributed by atoms with van der Waals surface area (Å²) in [6.45, 7) is 2.89. The van der Waals surface area contributed by atoms with Crippen LogP contribution in [0.5, 0.6) is 0 Å². The summed E-state index contributed by atoms with van der Waals surface area (Å²) in [7, 11) is 1.72. The van der Waals surface area contributed by atoms with Crippen molar-refractivity contribution in [3.63, 3.8) is 0 Å². The van der Waals surface area contributed by atoms with Crippen LogP contribution in [0.4, 0.5) is 4.39 Å². The molecular weight excluding hydrogens is 299 g/mol. The molecule has 6 nitrogen and oxygen atoms in total. The first-order valence-corrected chi connectivity index (χ1v) is 8.16. The fourth-order valence-corrected chi connectivity index (χ4v) is 2.98. The molecule has 0 atom stereocenters. The van der Waals surface area contributed by atoms with Gasteiger partial charge >= 0.3 is 0 Å². The van der Waals surface area contributed by atoms with Crippen LogP contribution in [0.25, 0.3) is 0 Å². The molecule has 7 heteroatoms. The van der Waals surface area contributed by atoms with E-state index < -0.39 is 11.6 Å². The first-order chi connectivity index (χ1) is 10.9. The number of nitrogens with one attached hydrogen (secondary N) is 1. The van der Waals surface area contributed by atoms with E-state index in [1.54, 1.807) is 18.0 Å². The van der Waals surface area contributed by atoms with Crippen LogP contribution in [-0.4, -0.2) is 51.8 Å². The monoisotopic (exact) mass is 322 g/mol. The maximum absolute atomic E-state index is 14.8. The Bertz CT molecular complexity index is 616. The van der Waals surface area contributed by atoms with Crippen LogP contribution in [0.2, 0.25) is 0 Å². The topological polar surface area (TPSA) is 67.2 Å². The number of hydrogen-bond acceptors (Lipinski definition) is 3. The van der Waals surface area contributed by atoms with Crippen molar-refractivity contribution < 1.29 is 14.0 Å². The van der Waals surface area contributed by atoms with E-state index in [-0.39, 0.29) is 31.8 Å². The molecule has 23 heavy (non-hydrogen) atoms. The van der Waals surface area contributed by atoms with Crippen LogP contribution in [0.15, 0.2) is 6.07 Å². The Hall–Kier alpha value is -1.92. The minimum absolute atomic E-state index is 0.0477. The van der Waals surface area contributed by atoms with Crippen molar-refractivity contribution in [2.75, 3.05) is 19.6 Å². The molecule has 1 aromatic rings. The van der Waals surface area contributed by atoms with Crippen molar-refractivity contribution in [1.82, 2.24) is 20.0 Å². The zero-order chi connectivity index (χ0) is 16.6. The minimum Gasteiger partial charge on any atom is -0.353 e. The second-order valence-electron chi connectivity index (χ2n) is 6.71. The van der Waals surface area contributed by atoms with E-state index in [1.807, 2.05) is 6.92 Å². The van der Waals surface area contributed by atoms with E-state index in [4.69, 9.17) is 0 Å². The molecule has 2 amide bonds. The van der Waals surface area contributed by atoms with Gasteiger partial charge in [0, 0.05) is 39.5 Å². The van der Waals surface area contributed by atoms with Gasteiger partial charge in [-0.25, -0.2) is 4.39 Å². The van der Waals surface area contributed by atoms with Gasteiger partial charge in [-0.1, -0.05) is 0 Å². The first kappa shape index (κ1) is 16.0. The van der Waals surface area contributed by atoms with Gasteiger partial charge in [0.2, 0.25) is 0 Å². The second-order valence-corrected chi connectivity index (χ2v) is 6.71. The number of piperidine rings is 1. The van der Waals surface area contributed by atoms with E-state index >= 15 is 0 Å². The number of halogens is 1. The average molecular weight is 322 g/mol. The molecular formula is C16H23FN4O2. The third-order valence-electron chi connectivity index (χ3n) is 4.72. The summed E-state index contributed by atoms with van der Waals surface area (Å²) in [6, 6.07) is 1.72. The van der Waals surface area contributed by atoms with Gasteiger partial charge in [0.25, 0.3) is 11.8 Å². The molecule has 1 saturated carbocycles. The third kappa shape index (κ3) is 3.38. The number of aryl methyl sites for hydroxylation is 2. The molecule has 0 unspecified atom stereocenters. The lowest BCUT2D eigenvalue weighted by Gasteiger charge is -2.35. The van der Waals surface area contributed by atoms with Crippen LogP contribution in [0.1, 0.15) is 41.9 Å². The van der Waals surface area contributed by atoms with Crippen molar-refractivity contribution in [2.45, 2.75) is 38.3 Å². The molecule has 0 spiro atoms. The molecule has 1 aliphatic heterocycles. The highest BCUT2D eigenvalue weighted by molar-refractivity contribution is 5.93. The molecule has 1 aromatic heterocycles. The van der Waals surface area contributed by atoms with Crippen molar-refractivity contribution in [3.05, 3.63) is 17.5 Å². The van der Waals surface area contributed by atoms with E-state index in [1.165, 1.54) is 4.68 Å². The summed E-state index contributed by atoms with van der Waals surface area (Å²) in [6.07, 6.45) is 2.33. The lowest BCUT2D eigenvalue weighted by molar-refractivity contribution is -0.135. The number of alkyl halides is 1. The molecule has 2 aliphatic rings. The van der Waals surface area contributed by atoms with Crippen molar-refractivity contribution in [1.29, 1.82) is 0 Å². The highest BCUT2D eigenvalue weighted by Gasteiger charge is 2.43. The van der Waals surface area contributed by atoms with Crippen LogP contribution < -0.4 is 5.32 Å². The molecule has 0 radical (unpaired) electrons. The summed E-state index contributed by atoms with van der Waals surface area (Å²) >= 11 is 0. The molecule has 1 aliphatic carbocycles. The van der Waals surface area contributed by atoms with Gasteiger partial charge in [0.1, 0.15) is 5.69 Å². The second kappa shape index (κ2) is 5.94. The van der Waals surface area contributed by atoms with E-state index in [0.717, 1.165) is 18.5 Å². The fraction of sp³-hybridized carbons (Fsp3) is 0.688. The Morgan fingerprint density at radius 2 is 2.04 bits per heavy atom. The lowest BCUT2D eigenvalue weighted by Crippen LogP contribution is -2.52. The van der Waals surface area contributed by atoms with Crippen molar-refractivity contribution in [3.8, 4) is 0 Å². The average Bonchev–Trinajstić information content (AvgIpc) is 3.28. The summed E-state index contributed by atoms with van der Waals surface area (Å²) in [4.78, 5) is 26.1. The van der Waals surface area contributed by atoms with Gasteiger partial charge < -0.3 is 10.2 Å². The zero-order valence-electron chi connectivity index (χ0n) is 13.6. The zero-order valence-corrected chi connectivity index (χ0v) is 13.6. The standard InChI is InChI=1S/C16H23FN4O2/c1-11-9-13(20(2)19-11)14(22)21-7-5-16(17,6-8-21)15(23)18-10-12-3-4-12/h9,12H,3-8,10H2,1-2H3,(H,18,23). The Balaban J connectivity index is 1.57. The van der Waals surface area contributed by atoms with Gasteiger partial charge in [0.15, 0.2) is 5.67 Å². The summed E-state index contributed by atoms with van der Waals surface area (Å²) in [5.74, 6) is -0.154. The summed E-state index contributed by atoms with van der Waals surface area (Å²) < 4.78 is 16.3. The highest BCUT2D eigenvalue weighted by Crippen LogP contribution is 2.30. The SMILES string of the molecule is Cc1cc(C(=O)N2CCC(F)(C(=O)NCC3CC3)CC2)n(C)n1. The molecule has 3 rings (SSSR count). The Morgan fingerprint density at radius 3 is 2.57 bits per heavy atom. The summed E-state index contributed by atoms with van der Waals surface area (Å²) in [5.41, 5.74) is -0.590. The highest BCUT2D eigenvalue weighted by atomic mass is 19.1. The third-order valence-corrected chi connectivity index (χ3v) is 4.72. The first-order valence-electron chi connectivity index (χ1n) is 8.16. The van der Waals surface area contributed by atoms with Crippen LogP contribution >= 0.6 is 0 Å². The van der Waals surface area contributed by atoms with Crippen molar-refractivity contribution in [2.24, 2.45) is 13.0 Å². The smallest absolute Gasteiger partial charge is 0.272 e. The van der Waals surface area contributed by atoms with Crippen LogP contribution in [-0.2, 0) is 11.8 Å². The van der Waals surface area contributed by atoms with Gasteiger partial charge in [-0.15, -0.1) is 0 Å². The molecule has 2 fully saturated rings.